The zero-order valence-electron chi connectivity index (χ0n) is 14.6. The van der Waals surface area contributed by atoms with Gasteiger partial charge in [-0.25, -0.2) is 8.42 Å². The Morgan fingerprint density at radius 2 is 2.15 bits per heavy atom. The third-order valence-electron chi connectivity index (χ3n) is 4.00. The molecule has 144 valence electrons. The molecule has 2 rings (SSSR count). The molecule has 1 aromatic rings. The summed E-state index contributed by atoms with van der Waals surface area (Å²) in [5, 5.41) is 11.3. The summed E-state index contributed by atoms with van der Waals surface area (Å²) in [5.74, 6) is -0.316. The molecule has 1 aliphatic rings. The number of nitrogens with zero attached hydrogens (tertiary/aromatic N) is 2. The van der Waals surface area contributed by atoms with E-state index in [-0.39, 0.29) is 33.9 Å². The maximum absolute atomic E-state index is 12.6. The molecule has 1 atom stereocenters. The average Bonchev–Trinajstić information content (AvgIpc) is 2.90. The number of ether oxygens (including phenoxy) is 1. The fourth-order valence-electron chi connectivity index (χ4n) is 2.85. The molecule has 0 saturated carbocycles. The number of amides is 1. The van der Waals surface area contributed by atoms with Crippen LogP contribution in [0.3, 0.4) is 0 Å². The highest BCUT2D eigenvalue weighted by Crippen LogP contribution is 2.30. The van der Waals surface area contributed by atoms with E-state index in [4.69, 9.17) is 16.3 Å². The van der Waals surface area contributed by atoms with Gasteiger partial charge in [0.25, 0.3) is 5.91 Å². The largest absolute Gasteiger partial charge is 0.477 e. The molecule has 1 aromatic carbocycles. The van der Waals surface area contributed by atoms with Crippen LogP contribution < -0.4 is 4.74 Å². The number of rotatable bonds is 7. The lowest BCUT2D eigenvalue weighted by molar-refractivity contribution is -0.385. The van der Waals surface area contributed by atoms with Crippen LogP contribution in [0.15, 0.2) is 18.2 Å². The summed E-state index contributed by atoms with van der Waals surface area (Å²) >= 11 is 5.75. The van der Waals surface area contributed by atoms with Gasteiger partial charge in [0.1, 0.15) is 0 Å². The fraction of sp³-hybridized carbons (Fsp3) is 0.562. The quantitative estimate of drug-likeness (QED) is 0.509. The van der Waals surface area contributed by atoms with E-state index in [1.165, 1.54) is 17.0 Å². The molecule has 0 N–H and O–H groups in total. The normalized spacial score (nSPS) is 18.7. The molecule has 0 aromatic heterocycles. The first kappa shape index (κ1) is 20.4. The highest BCUT2D eigenvalue weighted by atomic mass is 35.5. The second kappa shape index (κ2) is 8.22. The Morgan fingerprint density at radius 3 is 2.69 bits per heavy atom. The van der Waals surface area contributed by atoms with Crippen LogP contribution in [-0.2, 0) is 14.6 Å². The Kier molecular flexibility index (Phi) is 6.46. The maximum Gasteiger partial charge on any atom is 0.312 e. The SMILES string of the molecule is CC(C)CN(C(=O)COc1ccc(Cl)cc1[N+](=O)[O-])[C@H]1CCS(=O)(=O)C1. The van der Waals surface area contributed by atoms with Gasteiger partial charge in [-0.2, -0.15) is 0 Å². The molecule has 8 nitrogen and oxygen atoms in total. The van der Waals surface area contributed by atoms with Crippen molar-refractivity contribution in [3.8, 4) is 5.75 Å². The van der Waals surface area contributed by atoms with E-state index < -0.39 is 33.3 Å². The van der Waals surface area contributed by atoms with Crippen molar-refractivity contribution < 1.29 is 22.9 Å². The predicted octanol–water partition coefficient (Wildman–Crippen LogP) is 2.30. The van der Waals surface area contributed by atoms with Crippen molar-refractivity contribution >= 4 is 33.0 Å². The number of nitro benzene ring substituents is 1. The molecule has 1 amide bonds. The molecule has 0 bridgehead atoms. The summed E-state index contributed by atoms with van der Waals surface area (Å²) < 4.78 is 28.8. The number of nitro groups is 1. The summed E-state index contributed by atoms with van der Waals surface area (Å²) in [4.78, 5) is 24.6. The summed E-state index contributed by atoms with van der Waals surface area (Å²) in [5.41, 5.74) is -0.329. The minimum Gasteiger partial charge on any atom is -0.477 e. The van der Waals surface area contributed by atoms with Gasteiger partial charge in [-0.05, 0) is 24.5 Å². The topological polar surface area (TPSA) is 107 Å². The lowest BCUT2D eigenvalue weighted by Gasteiger charge is -2.29. The highest BCUT2D eigenvalue weighted by Gasteiger charge is 2.35. The number of benzene rings is 1. The predicted molar refractivity (Wildman–Crippen MR) is 97.2 cm³/mol. The average molecular weight is 405 g/mol. The van der Waals surface area contributed by atoms with E-state index in [0.717, 1.165) is 6.07 Å². The Bertz CT molecular complexity index is 796. The van der Waals surface area contributed by atoms with Crippen molar-refractivity contribution in [3.05, 3.63) is 33.3 Å². The molecule has 1 saturated heterocycles. The van der Waals surface area contributed by atoms with Crippen molar-refractivity contribution in [2.75, 3.05) is 24.7 Å². The molecule has 1 fully saturated rings. The van der Waals surface area contributed by atoms with Crippen molar-refractivity contribution in [1.29, 1.82) is 0 Å². The van der Waals surface area contributed by atoms with Gasteiger partial charge in [0.2, 0.25) is 0 Å². The summed E-state index contributed by atoms with van der Waals surface area (Å²) in [7, 11) is -3.14. The Balaban J connectivity index is 2.12. The van der Waals surface area contributed by atoms with E-state index in [2.05, 4.69) is 0 Å². The molecule has 1 heterocycles. The van der Waals surface area contributed by atoms with Crippen molar-refractivity contribution in [2.24, 2.45) is 5.92 Å². The lowest BCUT2D eigenvalue weighted by atomic mass is 10.1. The molecule has 0 aliphatic carbocycles. The standard InChI is InChI=1S/C16H21ClN2O6S/c1-11(2)8-18(13-5-6-26(23,24)10-13)16(20)9-25-15-4-3-12(17)7-14(15)19(21)22/h3-4,7,11,13H,5-6,8-10H2,1-2H3/t13-/m0/s1. The molecule has 0 unspecified atom stereocenters. The fourth-order valence-corrected chi connectivity index (χ4v) is 4.74. The Hall–Kier alpha value is -1.87. The van der Waals surface area contributed by atoms with E-state index >= 15 is 0 Å². The highest BCUT2D eigenvalue weighted by molar-refractivity contribution is 7.91. The molecule has 10 heteroatoms. The molecular formula is C16H21ClN2O6S. The first-order valence-corrected chi connectivity index (χ1v) is 10.4. The van der Waals surface area contributed by atoms with E-state index in [9.17, 15) is 23.3 Å². The first-order valence-electron chi connectivity index (χ1n) is 8.15. The van der Waals surface area contributed by atoms with Crippen LogP contribution >= 0.6 is 11.6 Å². The van der Waals surface area contributed by atoms with Crippen LogP contribution in [0.4, 0.5) is 5.69 Å². The summed E-state index contributed by atoms with van der Waals surface area (Å²) in [6.07, 6.45) is 0.391. The number of hydrogen-bond acceptors (Lipinski definition) is 6. The van der Waals surface area contributed by atoms with Gasteiger partial charge in [-0.1, -0.05) is 25.4 Å². The van der Waals surface area contributed by atoms with Gasteiger partial charge in [0.05, 0.1) is 16.4 Å². The zero-order valence-corrected chi connectivity index (χ0v) is 16.1. The molecule has 1 aliphatic heterocycles. The van der Waals surface area contributed by atoms with E-state index in [1.54, 1.807) is 0 Å². The number of halogens is 1. The van der Waals surface area contributed by atoms with Crippen LogP contribution in [-0.4, -0.2) is 54.8 Å². The van der Waals surface area contributed by atoms with Gasteiger partial charge in [-0.3, -0.25) is 14.9 Å². The number of sulfone groups is 1. The van der Waals surface area contributed by atoms with Crippen LogP contribution in [0.5, 0.6) is 5.75 Å². The monoisotopic (exact) mass is 404 g/mol. The minimum absolute atomic E-state index is 0.0586. The van der Waals surface area contributed by atoms with Gasteiger partial charge < -0.3 is 9.64 Å². The summed E-state index contributed by atoms with van der Waals surface area (Å²) in [6.45, 7) is 3.83. The first-order chi connectivity index (χ1) is 12.1. The maximum atomic E-state index is 12.6. The van der Waals surface area contributed by atoms with Gasteiger partial charge >= 0.3 is 5.69 Å². The van der Waals surface area contributed by atoms with E-state index in [1.807, 2.05) is 13.8 Å². The van der Waals surface area contributed by atoms with Crippen molar-refractivity contribution in [1.82, 2.24) is 4.90 Å². The van der Waals surface area contributed by atoms with E-state index in [0.29, 0.717) is 13.0 Å². The number of carbonyl (C=O) groups is 1. The lowest BCUT2D eigenvalue weighted by Crippen LogP contribution is -2.45. The van der Waals surface area contributed by atoms with Crippen LogP contribution in [0.25, 0.3) is 0 Å². The second-order valence-electron chi connectivity index (χ2n) is 6.65. The third kappa shape index (κ3) is 5.31. The molecule has 26 heavy (non-hydrogen) atoms. The van der Waals surface area contributed by atoms with Gasteiger partial charge in [-0.15, -0.1) is 0 Å². The molecular weight excluding hydrogens is 384 g/mol. The minimum atomic E-state index is -3.14. The summed E-state index contributed by atoms with van der Waals surface area (Å²) in [6, 6.07) is 3.53. The number of carbonyl (C=O) groups excluding carboxylic acids is 1. The van der Waals surface area contributed by atoms with Gasteiger partial charge in [0.15, 0.2) is 22.2 Å². The van der Waals surface area contributed by atoms with Crippen LogP contribution in [0, 0.1) is 16.0 Å². The Labute approximate surface area is 157 Å². The molecule has 0 radical (unpaired) electrons. The van der Waals surface area contributed by atoms with Gasteiger partial charge in [0, 0.05) is 23.7 Å². The van der Waals surface area contributed by atoms with Crippen LogP contribution in [0.1, 0.15) is 20.3 Å². The number of hydrogen-bond donors (Lipinski definition) is 0. The van der Waals surface area contributed by atoms with Crippen molar-refractivity contribution in [3.63, 3.8) is 0 Å². The van der Waals surface area contributed by atoms with Crippen molar-refractivity contribution in [2.45, 2.75) is 26.3 Å². The molecule has 0 spiro atoms. The Morgan fingerprint density at radius 1 is 1.46 bits per heavy atom. The third-order valence-corrected chi connectivity index (χ3v) is 5.99. The second-order valence-corrected chi connectivity index (χ2v) is 9.32. The smallest absolute Gasteiger partial charge is 0.312 e. The van der Waals surface area contributed by atoms with Crippen LogP contribution in [0.2, 0.25) is 5.02 Å². The zero-order chi connectivity index (χ0) is 19.5.